The topological polar surface area (TPSA) is 29.1 Å². The lowest BCUT2D eigenvalue weighted by atomic mass is 9.95. The van der Waals surface area contributed by atoms with Gasteiger partial charge in [0.25, 0.3) is 0 Å². The van der Waals surface area contributed by atoms with Gasteiger partial charge in [-0.05, 0) is 52.9 Å². The van der Waals surface area contributed by atoms with Crippen LogP contribution in [0.3, 0.4) is 0 Å². The van der Waals surface area contributed by atoms with Gasteiger partial charge in [0.2, 0.25) is 0 Å². The average molecular weight is 347 g/mol. The molecule has 2 aromatic rings. The Morgan fingerprint density at radius 2 is 1.75 bits per heavy atom. The highest BCUT2D eigenvalue weighted by Crippen LogP contribution is 2.26. The maximum Gasteiger partial charge on any atom is 0.127 e. The van der Waals surface area contributed by atoms with Gasteiger partial charge in [-0.3, -0.25) is 0 Å². The van der Waals surface area contributed by atoms with Crippen molar-refractivity contribution < 1.29 is 14.9 Å². The summed E-state index contributed by atoms with van der Waals surface area (Å²) in [5, 5.41) is 14.8. The van der Waals surface area contributed by atoms with Crippen LogP contribution < -0.4 is 9.80 Å². The Morgan fingerprint density at radius 1 is 1.08 bits per heavy atom. The van der Waals surface area contributed by atoms with Crippen molar-refractivity contribution >= 4 is 11.3 Å². The van der Waals surface area contributed by atoms with Crippen molar-refractivity contribution in [2.45, 2.75) is 39.8 Å². The number of hydrogen-bond donors (Lipinski definition) is 3. The van der Waals surface area contributed by atoms with Gasteiger partial charge in [0.1, 0.15) is 45.0 Å². The third-order valence-corrected chi connectivity index (χ3v) is 5.96. The Balaban J connectivity index is 1.59. The zero-order valence-electron chi connectivity index (χ0n) is 15.1. The summed E-state index contributed by atoms with van der Waals surface area (Å²) >= 11 is 1.79. The van der Waals surface area contributed by atoms with Crippen LogP contribution in [0.5, 0.6) is 5.75 Å². The number of piperazine rings is 1. The van der Waals surface area contributed by atoms with E-state index in [0.29, 0.717) is 11.7 Å². The predicted molar refractivity (Wildman–Crippen MR) is 100 cm³/mol. The van der Waals surface area contributed by atoms with Crippen LogP contribution in [-0.2, 0) is 13.1 Å². The molecule has 0 amide bonds. The highest BCUT2D eigenvalue weighted by molar-refractivity contribution is 7.07. The quantitative estimate of drug-likeness (QED) is 0.750. The van der Waals surface area contributed by atoms with E-state index in [1.807, 2.05) is 6.07 Å². The average Bonchev–Trinajstić information content (AvgIpc) is 3.04. The maximum atomic E-state index is 10.3. The van der Waals surface area contributed by atoms with E-state index in [0.717, 1.165) is 18.7 Å². The first kappa shape index (κ1) is 17.5. The van der Waals surface area contributed by atoms with Crippen molar-refractivity contribution in [2.75, 3.05) is 26.2 Å². The molecule has 130 valence electrons. The minimum Gasteiger partial charge on any atom is -0.507 e. The fraction of sp³-hybridized carbons (Fsp3) is 0.500. The normalized spacial score (nSPS) is 21.3. The van der Waals surface area contributed by atoms with Gasteiger partial charge in [0, 0.05) is 11.1 Å². The van der Waals surface area contributed by atoms with E-state index in [-0.39, 0.29) is 0 Å². The van der Waals surface area contributed by atoms with Crippen LogP contribution in [0.15, 0.2) is 29.0 Å². The molecule has 3 N–H and O–H groups in total. The summed E-state index contributed by atoms with van der Waals surface area (Å²) in [6.45, 7) is 13.4. The molecule has 1 aromatic heterocycles. The van der Waals surface area contributed by atoms with Gasteiger partial charge in [-0.2, -0.15) is 11.3 Å². The maximum absolute atomic E-state index is 10.3. The molecule has 0 bridgehead atoms. The Labute approximate surface area is 149 Å². The van der Waals surface area contributed by atoms with Crippen molar-refractivity contribution in [3.05, 3.63) is 51.2 Å². The number of phenols is 1. The fourth-order valence-corrected chi connectivity index (χ4v) is 4.45. The molecule has 0 aliphatic carbocycles. The molecule has 1 fully saturated rings. The van der Waals surface area contributed by atoms with Crippen molar-refractivity contribution in [3.8, 4) is 5.75 Å². The van der Waals surface area contributed by atoms with Crippen LogP contribution in [0.2, 0.25) is 0 Å². The number of quaternary nitrogens is 2. The monoisotopic (exact) mass is 346 g/mol. The first-order valence-corrected chi connectivity index (χ1v) is 9.98. The molecule has 0 saturated carbocycles. The summed E-state index contributed by atoms with van der Waals surface area (Å²) in [6.07, 6.45) is 0. The van der Waals surface area contributed by atoms with Crippen LogP contribution in [0.4, 0.5) is 0 Å². The third kappa shape index (κ3) is 4.18. The zero-order valence-corrected chi connectivity index (χ0v) is 15.9. The Bertz CT molecular complexity index is 659. The first-order chi connectivity index (χ1) is 11.5. The number of aromatic hydroxyl groups is 1. The Kier molecular flexibility index (Phi) is 5.59. The highest BCUT2D eigenvalue weighted by atomic mass is 32.1. The minimum absolute atomic E-state index is 0.470. The Morgan fingerprint density at radius 3 is 2.33 bits per heavy atom. The molecule has 1 aliphatic rings. The van der Waals surface area contributed by atoms with Gasteiger partial charge >= 0.3 is 0 Å². The van der Waals surface area contributed by atoms with Gasteiger partial charge in [-0.1, -0.05) is 13.8 Å². The number of aryl methyl sites for hydroxylation is 1. The zero-order chi connectivity index (χ0) is 17.1. The summed E-state index contributed by atoms with van der Waals surface area (Å²) in [5.41, 5.74) is 5.15. The van der Waals surface area contributed by atoms with E-state index in [1.54, 1.807) is 21.1 Å². The molecule has 2 heterocycles. The predicted octanol–water partition coefficient (Wildman–Crippen LogP) is 1.37. The largest absolute Gasteiger partial charge is 0.507 e. The number of phenolic OH excluding ortho intramolecular Hbond substituents is 1. The van der Waals surface area contributed by atoms with Gasteiger partial charge in [0.05, 0.1) is 0 Å². The number of nitrogens with one attached hydrogen (secondary N) is 2. The van der Waals surface area contributed by atoms with Crippen molar-refractivity contribution in [1.29, 1.82) is 0 Å². The van der Waals surface area contributed by atoms with Gasteiger partial charge in [-0.15, -0.1) is 0 Å². The lowest BCUT2D eigenvalue weighted by Crippen LogP contribution is -3.27. The van der Waals surface area contributed by atoms with E-state index in [9.17, 15) is 5.11 Å². The highest BCUT2D eigenvalue weighted by Gasteiger charge is 2.24. The van der Waals surface area contributed by atoms with E-state index < -0.39 is 0 Å². The van der Waals surface area contributed by atoms with Gasteiger partial charge < -0.3 is 14.9 Å². The lowest BCUT2D eigenvalue weighted by Gasteiger charge is -2.30. The molecule has 1 saturated heterocycles. The van der Waals surface area contributed by atoms with E-state index >= 15 is 0 Å². The van der Waals surface area contributed by atoms with Crippen molar-refractivity contribution in [3.63, 3.8) is 0 Å². The van der Waals surface area contributed by atoms with Gasteiger partial charge in [-0.25, -0.2) is 0 Å². The molecule has 3 rings (SSSR count). The summed E-state index contributed by atoms with van der Waals surface area (Å²) in [5.74, 6) is 0.976. The summed E-state index contributed by atoms with van der Waals surface area (Å²) < 4.78 is 0. The molecule has 0 spiro atoms. The molecule has 0 radical (unpaired) electrons. The summed E-state index contributed by atoms with van der Waals surface area (Å²) in [6, 6.07) is 6.42. The van der Waals surface area contributed by atoms with E-state index in [2.05, 4.69) is 43.7 Å². The number of thiophene rings is 1. The van der Waals surface area contributed by atoms with Crippen molar-refractivity contribution in [1.82, 2.24) is 0 Å². The summed E-state index contributed by atoms with van der Waals surface area (Å²) in [4.78, 5) is 3.28. The minimum atomic E-state index is 0.470. The first-order valence-electron chi connectivity index (χ1n) is 9.03. The van der Waals surface area contributed by atoms with E-state index in [4.69, 9.17) is 0 Å². The molecule has 0 unspecified atom stereocenters. The third-order valence-electron chi connectivity index (χ3n) is 5.23. The molecule has 3 nitrogen and oxygen atoms in total. The smallest absolute Gasteiger partial charge is 0.127 e. The molecule has 1 aromatic carbocycles. The van der Waals surface area contributed by atoms with Gasteiger partial charge in [0.15, 0.2) is 0 Å². The number of hydrogen-bond acceptors (Lipinski definition) is 2. The molecular formula is C20H30N2OS+2. The van der Waals surface area contributed by atoms with Crippen molar-refractivity contribution in [2.24, 2.45) is 0 Å². The molecular weight excluding hydrogens is 316 g/mol. The number of rotatable bonds is 5. The summed E-state index contributed by atoms with van der Waals surface area (Å²) in [7, 11) is 0. The number of benzene rings is 1. The standard InChI is InChI=1S/C20H28N2OS/c1-15(2)19-11-18(20(23)10-16(19)3)13-22-7-5-21(6-8-22)12-17-4-9-24-14-17/h4,9-11,14-15,23H,5-8,12-13H2,1-3H3/p+2. The molecule has 0 atom stereocenters. The fourth-order valence-electron chi connectivity index (χ4n) is 3.78. The molecule has 24 heavy (non-hydrogen) atoms. The second-order valence-electron chi connectivity index (χ2n) is 7.48. The molecule has 1 aliphatic heterocycles. The second-order valence-corrected chi connectivity index (χ2v) is 8.26. The second kappa shape index (κ2) is 7.68. The van der Waals surface area contributed by atoms with Crippen LogP contribution in [0.25, 0.3) is 0 Å². The van der Waals surface area contributed by atoms with Crippen LogP contribution >= 0.6 is 11.3 Å². The molecule has 4 heteroatoms. The SMILES string of the molecule is Cc1cc(O)c(C[NH+]2CC[NH+](Cc3ccsc3)CC2)cc1C(C)C. The van der Waals surface area contributed by atoms with Crippen LogP contribution in [-0.4, -0.2) is 31.3 Å². The van der Waals surface area contributed by atoms with Crippen LogP contribution in [0.1, 0.15) is 42.0 Å². The van der Waals surface area contributed by atoms with Crippen LogP contribution in [0, 0.1) is 6.92 Å². The Hall–Kier alpha value is -1.36. The lowest BCUT2D eigenvalue weighted by molar-refractivity contribution is -1.02. The van der Waals surface area contributed by atoms with E-state index in [1.165, 1.54) is 42.9 Å².